The van der Waals surface area contributed by atoms with Crippen molar-refractivity contribution in [1.29, 1.82) is 0 Å². The summed E-state index contributed by atoms with van der Waals surface area (Å²) in [6.07, 6.45) is -0.513. The molecule has 8 heteroatoms. The number of morpholine rings is 1. The summed E-state index contributed by atoms with van der Waals surface area (Å²) in [6, 6.07) is 14.7. The van der Waals surface area contributed by atoms with Crippen LogP contribution in [0.2, 0.25) is 0 Å². The molecule has 1 fully saturated rings. The molecule has 2 aromatic carbocycles. The smallest absolute Gasteiger partial charge is 0.246 e. The van der Waals surface area contributed by atoms with Crippen LogP contribution in [-0.4, -0.2) is 41.9 Å². The summed E-state index contributed by atoms with van der Waals surface area (Å²) in [5.74, 6) is 2.10. The van der Waals surface area contributed by atoms with E-state index in [-0.39, 0.29) is 12.5 Å². The summed E-state index contributed by atoms with van der Waals surface area (Å²) in [4.78, 5) is 16.6. The molecule has 2 heterocycles. The van der Waals surface area contributed by atoms with Gasteiger partial charge in [0.25, 0.3) is 0 Å². The van der Waals surface area contributed by atoms with Gasteiger partial charge in [0, 0.05) is 5.56 Å². The third kappa shape index (κ3) is 3.41. The van der Waals surface area contributed by atoms with Gasteiger partial charge >= 0.3 is 0 Å². The number of nitrogens with zero attached hydrogens (tertiary/aromatic N) is 2. The third-order valence-electron chi connectivity index (χ3n) is 4.58. The molecule has 0 spiro atoms. The molecule has 1 aliphatic heterocycles. The number of benzene rings is 2. The summed E-state index contributed by atoms with van der Waals surface area (Å²) in [5, 5.41) is 10.2. The van der Waals surface area contributed by atoms with Crippen LogP contribution in [0.1, 0.15) is 23.5 Å². The normalized spacial score (nSPS) is 19.1. The van der Waals surface area contributed by atoms with Crippen LogP contribution in [-0.2, 0) is 9.53 Å². The Bertz CT molecular complexity index is 973. The molecule has 1 aromatic heterocycles. The number of aromatic amines is 1. The van der Waals surface area contributed by atoms with E-state index < -0.39 is 12.1 Å². The van der Waals surface area contributed by atoms with E-state index in [0.29, 0.717) is 23.1 Å². The fraction of sp³-hybridized carbons (Fsp3) is 0.250. The van der Waals surface area contributed by atoms with Gasteiger partial charge in [0.05, 0.1) is 20.3 Å². The number of amides is 1. The monoisotopic (exact) mass is 380 g/mol. The van der Waals surface area contributed by atoms with Gasteiger partial charge in [-0.05, 0) is 17.7 Å². The lowest BCUT2D eigenvalue weighted by molar-refractivity contribution is -0.137. The van der Waals surface area contributed by atoms with Gasteiger partial charge in [0.1, 0.15) is 12.7 Å². The van der Waals surface area contributed by atoms with Crippen LogP contribution in [0, 0.1) is 0 Å². The van der Waals surface area contributed by atoms with Gasteiger partial charge in [-0.3, -0.25) is 9.89 Å². The lowest BCUT2D eigenvalue weighted by atomic mass is 9.98. The lowest BCUT2D eigenvalue weighted by Gasteiger charge is -2.31. The first-order valence-corrected chi connectivity index (χ1v) is 8.80. The maximum Gasteiger partial charge on any atom is 0.246 e. The van der Waals surface area contributed by atoms with Gasteiger partial charge < -0.3 is 19.5 Å². The van der Waals surface area contributed by atoms with Crippen LogP contribution in [0.4, 0.5) is 0 Å². The molecular weight excluding hydrogens is 360 g/mol. The largest absolute Gasteiger partial charge is 0.493 e. The molecule has 0 saturated carbocycles. The number of carbonyl (C=O) groups is 1. The lowest BCUT2D eigenvalue weighted by Crippen LogP contribution is -2.42. The zero-order chi connectivity index (χ0) is 19.5. The first-order chi connectivity index (χ1) is 13.7. The summed E-state index contributed by atoms with van der Waals surface area (Å²) >= 11 is 0. The summed E-state index contributed by atoms with van der Waals surface area (Å²) in [6.45, 7) is -0.0458. The van der Waals surface area contributed by atoms with Crippen molar-refractivity contribution in [3.63, 3.8) is 0 Å². The average molecular weight is 380 g/mol. The summed E-state index contributed by atoms with van der Waals surface area (Å²) in [7, 11) is 3.14. The van der Waals surface area contributed by atoms with Crippen molar-refractivity contribution in [2.45, 2.75) is 12.1 Å². The number of hydrogen-bond acceptors (Lipinski definition) is 6. The number of H-pyrrole nitrogens is 1. The molecule has 8 nitrogen and oxygen atoms in total. The van der Waals surface area contributed by atoms with E-state index in [0.717, 1.165) is 11.1 Å². The quantitative estimate of drug-likeness (QED) is 0.705. The molecule has 1 aliphatic rings. The highest BCUT2D eigenvalue weighted by atomic mass is 16.5. The number of hydrogen-bond donors (Lipinski definition) is 2. The van der Waals surface area contributed by atoms with Crippen LogP contribution in [0.5, 0.6) is 11.5 Å². The first-order valence-electron chi connectivity index (χ1n) is 8.80. The Hall–Kier alpha value is -3.39. The molecule has 4 rings (SSSR count). The fourth-order valence-corrected chi connectivity index (χ4v) is 3.21. The minimum Gasteiger partial charge on any atom is -0.493 e. The van der Waals surface area contributed by atoms with Crippen LogP contribution < -0.4 is 14.8 Å². The van der Waals surface area contributed by atoms with Crippen molar-refractivity contribution in [1.82, 2.24) is 20.5 Å². The Kier molecular flexibility index (Phi) is 4.94. The SMILES string of the molecule is COc1ccc([C@H]2NC(=O)CO[C@@H]2c2nc(-c3ccccc3)n[nH]2)cc1OC. The summed E-state index contributed by atoms with van der Waals surface area (Å²) in [5.41, 5.74) is 1.71. The van der Waals surface area contributed by atoms with Crippen LogP contribution in [0.25, 0.3) is 11.4 Å². The molecule has 0 radical (unpaired) electrons. The number of ether oxygens (including phenoxy) is 3. The Morgan fingerprint density at radius 1 is 1.07 bits per heavy atom. The second kappa shape index (κ2) is 7.69. The molecule has 144 valence electrons. The van der Waals surface area contributed by atoms with Crippen molar-refractivity contribution < 1.29 is 19.0 Å². The van der Waals surface area contributed by atoms with Gasteiger partial charge in [-0.25, -0.2) is 4.98 Å². The van der Waals surface area contributed by atoms with Gasteiger partial charge in [-0.2, -0.15) is 5.10 Å². The number of nitrogens with one attached hydrogen (secondary N) is 2. The van der Waals surface area contributed by atoms with Gasteiger partial charge in [-0.1, -0.05) is 36.4 Å². The third-order valence-corrected chi connectivity index (χ3v) is 4.58. The molecule has 28 heavy (non-hydrogen) atoms. The first kappa shape index (κ1) is 18.0. The van der Waals surface area contributed by atoms with E-state index >= 15 is 0 Å². The fourth-order valence-electron chi connectivity index (χ4n) is 3.21. The Morgan fingerprint density at radius 2 is 1.86 bits per heavy atom. The second-order valence-electron chi connectivity index (χ2n) is 6.30. The van der Waals surface area contributed by atoms with Crippen molar-refractivity contribution in [2.24, 2.45) is 0 Å². The maximum atomic E-state index is 12.0. The van der Waals surface area contributed by atoms with E-state index in [1.165, 1.54) is 0 Å². The standard InChI is InChI=1S/C20H20N4O4/c1-26-14-9-8-13(10-15(14)27-2)17-18(28-11-16(25)21-17)20-22-19(23-24-20)12-6-4-3-5-7-12/h3-10,17-18H,11H2,1-2H3,(H,21,25)(H,22,23,24)/t17-,18+/m1/s1. The van der Waals surface area contributed by atoms with Crippen LogP contribution in [0.3, 0.4) is 0 Å². The molecule has 2 atom stereocenters. The predicted molar refractivity (Wildman–Crippen MR) is 101 cm³/mol. The van der Waals surface area contributed by atoms with E-state index in [1.807, 2.05) is 42.5 Å². The van der Waals surface area contributed by atoms with Crippen LogP contribution >= 0.6 is 0 Å². The van der Waals surface area contributed by atoms with E-state index in [9.17, 15) is 4.79 Å². The highest BCUT2D eigenvalue weighted by Crippen LogP contribution is 2.37. The van der Waals surface area contributed by atoms with Gasteiger partial charge in [-0.15, -0.1) is 0 Å². The molecule has 1 saturated heterocycles. The van der Waals surface area contributed by atoms with Crippen molar-refractivity contribution >= 4 is 5.91 Å². The highest BCUT2D eigenvalue weighted by molar-refractivity contribution is 5.78. The molecular formula is C20H20N4O4. The number of rotatable bonds is 5. The maximum absolute atomic E-state index is 12.0. The number of methoxy groups -OCH3 is 2. The molecule has 0 aliphatic carbocycles. The van der Waals surface area contributed by atoms with E-state index in [2.05, 4.69) is 20.5 Å². The second-order valence-corrected chi connectivity index (χ2v) is 6.30. The predicted octanol–water partition coefficient (Wildman–Crippen LogP) is 2.42. The van der Waals surface area contributed by atoms with Crippen molar-refractivity contribution in [3.05, 3.63) is 59.9 Å². The Labute approximate surface area is 161 Å². The molecule has 0 bridgehead atoms. The molecule has 2 N–H and O–H groups in total. The van der Waals surface area contributed by atoms with Gasteiger partial charge in [0.2, 0.25) is 5.91 Å². The minimum absolute atomic E-state index is 0.0458. The van der Waals surface area contributed by atoms with E-state index in [4.69, 9.17) is 14.2 Å². The molecule has 1 amide bonds. The zero-order valence-electron chi connectivity index (χ0n) is 15.5. The summed E-state index contributed by atoms with van der Waals surface area (Å²) < 4.78 is 16.5. The van der Waals surface area contributed by atoms with E-state index in [1.54, 1.807) is 20.3 Å². The molecule has 3 aromatic rings. The highest BCUT2D eigenvalue weighted by Gasteiger charge is 2.35. The van der Waals surface area contributed by atoms with Gasteiger partial charge in [0.15, 0.2) is 23.1 Å². The molecule has 0 unspecified atom stereocenters. The zero-order valence-corrected chi connectivity index (χ0v) is 15.5. The minimum atomic E-state index is -0.513. The topological polar surface area (TPSA) is 98.4 Å². The van der Waals surface area contributed by atoms with Crippen molar-refractivity contribution in [3.8, 4) is 22.9 Å². The Morgan fingerprint density at radius 3 is 2.61 bits per heavy atom. The number of carbonyl (C=O) groups excluding carboxylic acids is 1. The number of aromatic nitrogens is 3. The van der Waals surface area contributed by atoms with Crippen molar-refractivity contribution in [2.75, 3.05) is 20.8 Å². The average Bonchev–Trinajstić information content (AvgIpc) is 3.24. The van der Waals surface area contributed by atoms with Crippen LogP contribution in [0.15, 0.2) is 48.5 Å². The Balaban J connectivity index is 1.68.